The van der Waals surface area contributed by atoms with Crippen LogP contribution in [0, 0.1) is 5.92 Å². The summed E-state index contributed by atoms with van der Waals surface area (Å²) in [6.07, 6.45) is -0.0129. The second-order valence-corrected chi connectivity index (χ2v) is 7.04. The van der Waals surface area contributed by atoms with Crippen LogP contribution >= 0.6 is 23.2 Å². The highest BCUT2D eigenvalue weighted by Gasteiger charge is 2.34. The van der Waals surface area contributed by atoms with Crippen molar-refractivity contribution in [2.75, 3.05) is 23.4 Å². The lowest BCUT2D eigenvalue weighted by molar-refractivity contribution is -0.141. The largest absolute Gasteiger partial charge is 0.484 e. The molecule has 1 saturated heterocycles. The number of carbonyl (C=O) groups is 3. The lowest BCUT2D eigenvalue weighted by Crippen LogP contribution is -2.25. The molecule has 0 aromatic heterocycles. The van der Waals surface area contributed by atoms with E-state index in [0.29, 0.717) is 27.2 Å². The van der Waals surface area contributed by atoms with Gasteiger partial charge in [0.05, 0.1) is 16.6 Å². The van der Waals surface area contributed by atoms with Crippen LogP contribution in [0.5, 0.6) is 5.75 Å². The van der Waals surface area contributed by atoms with Crippen molar-refractivity contribution in [1.29, 1.82) is 0 Å². The van der Waals surface area contributed by atoms with Gasteiger partial charge < -0.3 is 20.1 Å². The number of aliphatic carboxylic acids is 1. The normalized spacial score (nSPS) is 16.1. The zero-order chi connectivity index (χ0) is 20.3. The lowest BCUT2D eigenvalue weighted by Gasteiger charge is -2.16. The zero-order valence-electron chi connectivity index (χ0n) is 14.5. The van der Waals surface area contributed by atoms with Crippen molar-refractivity contribution in [3.8, 4) is 5.75 Å². The molecule has 1 heterocycles. The van der Waals surface area contributed by atoms with Crippen molar-refractivity contribution in [2.45, 2.75) is 6.42 Å². The fourth-order valence-corrected chi connectivity index (χ4v) is 3.23. The number of nitrogens with zero attached hydrogens (tertiary/aromatic N) is 1. The van der Waals surface area contributed by atoms with Gasteiger partial charge in [-0.05, 0) is 42.5 Å². The molecule has 1 aliphatic rings. The number of carboxylic acid groups (broad SMARTS) is 1. The molecular formula is C19H16Cl2N2O5. The molecule has 2 N–H and O–H groups in total. The Hall–Kier alpha value is -2.77. The number of hydrogen-bond acceptors (Lipinski definition) is 4. The zero-order valence-corrected chi connectivity index (χ0v) is 16.0. The Morgan fingerprint density at radius 1 is 1.18 bits per heavy atom. The summed E-state index contributed by atoms with van der Waals surface area (Å²) in [5.74, 6) is -1.88. The van der Waals surface area contributed by atoms with Gasteiger partial charge in [0.15, 0.2) is 6.61 Å². The highest BCUT2D eigenvalue weighted by molar-refractivity contribution is 6.36. The minimum atomic E-state index is -0.984. The van der Waals surface area contributed by atoms with Crippen LogP contribution in [-0.2, 0) is 14.4 Å². The van der Waals surface area contributed by atoms with Crippen molar-refractivity contribution in [3.05, 3.63) is 52.5 Å². The Bertz CT molecular complexity index is 917. The number of rotatable bonds is 6. The quantitative estimate of drug-likeness (QED) is 0.742. The van der Waals surface area contributed by atoms with E-state index in [1.54, 1.807) is 36.4 Å². The summed E-state index contributed by atoms with van der Waals surface area (Å²) in [7, 11) is 0. The standard InChI is InChI=1S/C19H16Cl2N2O5/c20-12-1-6-16(15(21)8-12)22-17(24)10-28-14-4-2-13(3-5-14)23-9-11(19(26)27)7-18(23)25/h1-6,8,11H,7,9-10H2,(H,22,24)(H,26,27). The fourth-order valence-electron chi connectivity index (χ4n) is 2.77. The van der Waals surface area contributed by atoms with Gasteiger partial charge in [0.2, 0.25) is 5.91 Å². The van der Waals surface area contributed by atoms with E-state index in [1.807, 2.05) is 0 Å². The third-order valence-electron chi connectivity index (χ3n) is 4.20. The SMILES string of the molecule is O=C(COc1ccc(N2CC(C(=O)O)CC2=O)cc1)Nc1ccc(Cl)cc1Cl. The van der Waals surface area contributed by atoms with Crippen molar-refractivity contribution in [2.24, 2.45) is 5.92 Å². The molecule has 2 amide bonds. The van der Waals surface area contributed by atoms with Crippen molar-refractivity contribution >= 4 is 52.4 Å². The first-order chi connectivity index (χ1) is 13.3. The van der Waals surface area contributed by atoms with Gasteiger partial charge in [0.25, 0.3) is 5.91 Å². The maximum atomic E-state index is 12.0. The van der Waals surface area contributed by atoms with Crippen LogP contribution in [0.3, 0.4) is 0 Å². The average Bonchev–Trinajstić information content (AvgIpc) is 3.05. The van der Waals surface area contributed by atoms with E-state index >= 15 is 0 Å². The molecule has 146 valence electrons. The molecule has 2 aromatic rings. The number of benzene rings is 2. The minimum Gasteiger partial charge on any atom is -0.484 e. The Morgan fingerprint density at radius 3 is 2.50 bits per heavy atom. The monoisotopic (exact) mass is 422 g/mol. The summed E-state index contributed by atoms with van der Waals surface area (Å²) in [6.45, 7) is -0.0966. The van der Waals surface area contributed by atoms with Crippen LogP contribution in [0.4, 0.5) is 11.4 Å². The molecule has 1 fully saturated rings. The Balaban J connectivity index is 1.55. The fraction of sp³-hybridized carbons (Fsp3) is 0.211. The van der Waals surface area contributed by atoms with E-state index < -0.39 is 17.8 Å². The van der Waals surface area contributed by atoms with Crippen LogP contribution in [-0.4, -0.2) is 36.0 Å². The number of carbonyl (C=O) groups excluding carboxylic acids is 2. The van der Waals surface area contributed by atoms with Crippen LogP contribution < -0.4 is 15.0 Å². The molecule has 2 aromatic carbocycles. The molecule has 9 heteroatoms. The number of hydrogen-bond donors (Lipinski definition) is 2. The molecule has 28 heavy (non-hydrogen) atoms. The van der Waals surface area contributed by atoms with Crippen molar-refractivity contribution in [1.82, 2.24) is 0 Å². The number of anilines is 2. The van der Waals surface area contributed by atoms with Gasteiger partial charge in [0.1, 0.15) is 5.75 Å². The van der Waals surface area contributed by atoms with E-state index in [2.05, 4.69) is 5.32 Å². The third kappa shape index (κ3) is 4.74. The smallest absolute Gasteiger partial charge is 0.308 e. The van der Waals surface area contributed by atoms with Gasteiger partial charge in [-0.25, -0.2) is 0 Å². The average molecular weight is 423 g/mol. The van der Waals surface area contributed by atoms with E-state index in [-0.39, 0.29) is 25.5 Å². The van der Waals surface area contributed by atoms with Crippen molar-refractivity contribution < 1.29 is 24.2 Å². The highest BCUT2D eigenvalue weighted by atomic mass is 35.5. The number of carboxylic acids is 1. The van der Waals surface area contributed by atoms with Crippen LogP contribution in [0.1, 0.15) is 6.42 Å². The van der Waals surface area contributed by atoms with E-state index in [9.17, 15) is 14.4 Å². The summed E-state index contributed by atoms with van der Waals surface area (Å²) in [5.41, 5.74) is 1.01. The third-order valence-corrected chi connectivity index (χ3v) is 4.75. The molecule has 0 saturated carbocycles. The molecule has 1 aliphatic heterocycles. The molecule has 1 unspecified atom stereocenters. The molecule has 0 bridgehead atoms. The first-order valence-corrected chi connectivity index (χ1v) is 9.10. The maximum absolute atomic E-state index is 12.0. The Morgan fingerprint density at radius 2 is 1.89 bits per heavy atom. The molecule has 0 radical (unpaired) electrons. The van der Waals surface area contributed by atoms with Gasteiger partial charge in [0, 0.05) is 23.7 Å². The number of halogens is 2. The van der Waals surface area contributed by atoms with E-state index in [0.717, 1.165) is 0 Å². The predicted octanol–water partition coefficient (Wildman–Crippen LogP) is 3.45. The molecule has 1 atom stereocenters. The Labute approximate surface area is 170 Å². The van der Waals surface area contributed by atoms with Crippen LogP contribution in [0.2, 0.25) is 10.0 Å². The first-order valence-electron chi connectivity index (χ1n) is 8.34. The summed E-state index contributed by atoms with van der Waals surface area (Å²) in [6, 6.07) is 11.2. The molecule has 0 aliphatic carbocycles. The van der Waals surface area contributed by atoms with Gasteiger partial charge in [-0.1, -0.05) is 23.2 Å². The first kappa shape index (κ1) is 20.0. The second-order valence-electron chi connectivity index (χ2n) is 6.20. The number of nitrogens with one attached hydrogen (secondary N) is 1. The van der Waals surface area contributed by atoms with Crippen LogP contribution in [0.15, 0.2) is 42.5 Å². The van der Waals surface area contributed by atoms with Crippen molar-refractivity contribution in [3.63, 3.8) is 0 Å². The molecular weight excluding hydrogens is 407 g/mol. The topological polar surface area (TPSA) is 95.9 Å². The second kappa shape index (κ2) is 8.50. The van der Waals surface area contributed by atoms with E-state index in [1.165, 1.54) is 11.0 Å². The summed E-state index contributed by atoms with van der Waals surface area (Å²) < 4.78 is 5.43. The summed E-state index contributed by atoms with van der Waals surface area (Å²) in [4.78, 5) is 36.4. The molecule has 7 nitrogen and oxygen atoms in total. The Kier molecular flexibility index (Phi) is 6.06. The maximum Gasteiger partial charge on any atom is 0.308 e. The van der Waals surface area contributed by atoms with Gasteiger partial charge in [-0.15, -0.1) is 0 Å². The van der Waals surface area contributed by atoms with Gasteiger partial charge >= 0.3 is 5.97 Å². The highest BCUT2D eigenvalue weighted by Crippen LogP contribution is 2.27. The summed E-state index contributed by atoms with van der Waals surface area (Å²) in [5, 5.41) is 12.5. The molecule has 3 rings (SSSR count). The predicted molar refractivity (Wildman–Crippen MR) is 105 cm³/mol. The summed E-state index contributed by atoms with van der Waals surface area (Å²) >= 11 is 11.8. The van der Waals surface area contributed by atoms with Crippen LogP contribution in [0.25, 0.3) is 0 Å². The van der Waals surface area contributed by atoms with Gasteiger partial charge in [-0.2, -0.15) is 0 Å². The van der Waals surface area contributed by atoms with E-state index in [4.69, 9.17) is 33.0 Å². The number of amides is 2. The van der Waals surface area contributed by atoms with Gasteiger partial charge in [-0.3, -0.25) is 14.4 Å². The molecule has 0 spiro atoms. The lowest BCUT2D eigenvalue weighted by atomic mass is 10.1. The minimum absolute atomic E-state index is 0.0129. The number of ether oxygens (including phenoxy) is 1.